The van der Waals surface area contributed by atoms with Gasteiger partial charge in [0, 0.05) is 23.9 Å². The fraction of sp³-hybridized carbons (Fsp3) is 0.304. The maximum absolute atomic E-state index is 13.5. The highest BCUT2D eigenvalue weighted by atomic mass is 79.9. The van der Waals surface area contributed by atoms with E-state index in [0.717, 1.165) is 25.7 Å². The van der Waals surface area contributed by atoms with Crippen LogP contribution in [0.5, 0.6) is 11.5 Å². The Labute approximate surface area is 218 Å². The molecule has 0 atom stereocenters. The molecule has 0 bridgehead atoms. The Morgan fingerprint density at radius 3 is 2.66 bits per heavy atom. The van der Waals surface area contributed by atoms with Crippen LogP contribution in [0.4, 0.5) is 5.69 Å². The number of nitrogens with zero attached hydrogens (tertiary/aromatic N) is 3. The van der Waals surface area contributed by atoms with Gasteiger partial charge in [0.15, 0.2) is 17.3 Å². The van der Waals surface area contributed by atoms with Crippen molar-refractivity contribution < 1.29 is 19.1 Å². The number of anilines is 1. The molecule has 9 nitrogen and oxygen atoms in total. The van der Waals surface area contributed by atoms with Crippen LogP contribution in [0.25, 0.3) is 5.82 Å². The van der Waals surface area contributed by atoms with Gasteiger partial charge in [0.1, 0.15) is 15.9 Å². The molecule has 2 saturated carbocycles. The van der Waals surface area contributed by atoms with Gasteiger partial charge >= 0.3 is 0 Å². The van der Waals surface area contributed by atoms with E-state index in [1.165, 1.54) is 16.8 Å². The number of pyridine rings is 1. The average Bonchev–Trinajstić information content (AvgIpc) is 3.73. The largest absolute Gasteiger partial charge is 0.454 e. The Balaban J connectivity index is 1.38. The van der Waals surface area contributed by atoms with E-state index in [1.807, 2.05) is 0 Å². The van der Waals surface area contributed by atoms with Crippen LogP contribution in [0, 0.1) is 5.92 Å². The Morgan fingerprint density at radius 1 is 1.14 bits per heavy atom. The van der Waals surface area contributed by atoms with Gasteiger partial charge < -0.3 is 20.1 Å². The number of amides is 2. The highest BCUT2D eigenvalue weighted by Crippen LogP contribution is 2.54. The minimum absolute atomic E-state index is 0.0466. The van der Waals surface area contributed by atoms with Gasteiger partial charge in [-0.25, -0.2) is 9.67 Å². The molecule has 2 aliphatic carbocycles. The molecular weight excluding hydrogens is 561 g/mol. The zero-order valence-electron chi connectivity index (χ0n) is 18.1. The average molecular weight is 579 g/mol. The van der Waals surface area contributed by atoms with Gasteiger partial charge in [-0.05, 0) is 59.7 Å². The van der Waals surface area contributed by atoms with Crippen LogP contribution < -0.4 is 20.1 Å². The van der Waals surface area contributed by atoms with E-state index in [-0.39, 0.29) is 51.8 Å². The number of hydrogen-bond acceptors (Lipinski definition) is 6. The van der Waals surface area contributed by atoms with Crippen molar-refractivity contribution in [2.24, 2.45) is 5.92 Å². The van der Waals surface area contributed by atoms with Crippen molar-refractivity contribution in [2.75, 3.05) is 12.1 Å². The topological polar surface area (TPSA) is 107 Å². The van der Waals surface area contributed by atoms with E-state index in [4.69, 9.17) is 32.7 Å². The first-order chi connectivity index (χ1) is 16.9. The summed E-state index contributed by atoms with van der Waals surface area (Å²) in [5.41, 5.74) is 0.202. The molecule has 2 amide bonds. The lowest BCUT2D eigenvalue weighted by molar-refractivity contribution is 0.0922. The van der Waals surface area contributed by atoms with Gasteiger partial charge in [0.2, 0.25) is 6.79 Å². The number of fused-ring (bicyclic) bond motifs is 1. The third-order valence-electron chi connectivity index (χ3n) is 6.44. The second-order valence-corrected chi connectivity index (χ2v) is 10.4. The number of halogens is 3. The third kappa shape index (κ3) is 4.03. The maximum atomic E-state index is 13.5. The second kappa shape index (κ2) is 8.39. The molecule has 0 spiro atoms. The minimum atomic E-state index is -0.567. The number of aromatic nitrogens is 3. The first kappa shape index (κ1) is 22.6. The maximum Gasteiger partial charge on any atom is 0.274 e. The molecule has 3 heterocycles. The smallest absolute Gasteiger partial charge is 0.274 e. The van der Waals surface area contributed by atoms with Gasteiger partial charge in [-0.15, -0.1) is 0 Å². The molecule has 2 N–H and O–H groups in total. The van der Waals surface area contributed by atoms with Crippen molar-refractivity contribution in [3.63, 3.8) is 0 Å². The number of carbonyl (C=O) groups excluding carboxylic acids is 2. The van der Waals surface area contributed by atoms with Crippen LogP contribution in [0.1, 0.15) is 46.5 Å². The molecule has 0 unspecified atom stereocenters. The highest BCUT2D eigenvalue weighted by Gasteiger charge is 2.55. The Bertz CT molecular complexity index is 1390. The molecule has 1 aliphatic heterocycles. The first-order valence-electron chi connectivity index (χ1n) is 11.0. The van der Waals surface area contributed by atoms with Crippen molar-refractivity contribution in [2.45, 2.75) is 31.2 Å². The summed E-state index contributed by atoms with van der Waals surface area (Å²) < 4.78 is 12.8. The lowest BCUT2D eigenvalue weighted by Crippen LogP contribution is -2.39. The van der Waals surface area contributed by atoms with Crippen molar-refractivity contribution in [3.8, 4) is 17.3 Å². The quantitative estimate of drug-likeness (QED) is 0.427. The van der Waals surface area contributed by atoms with Gasteiger partial charge in [0.25, 0.3) is 11.8 Å². The van der Waals surface area contributed by atoms with Gasteiger partial charge in [0.05, 0.1) is 15.7 Å². The Morgan fingerprint density at radius 2 is 1.94 bits per heavy atom. The van der Waals surface area contributed by atoms with E-state index in [0.29, 0.717) is 21.3 Å². The van der Waals surface area contributed by atoms with Crippen LogP contribution in [0.15, 0.2) is 35.1 Å². The molecule has 35 heavy (non-hydrogen) atoms. The molecule has 1 aromatic carbocycles. The van der Waals surface area contributed by atoms with Crippen LogP contribution in [0.3, 0.4) is 0 Å². The number of rotatable bonds is 6. The van der Waals surface area contributed by atoms with Crippen molar-refractivity contribution >= 4 is 56.6 Å². The summed E-state index contributed by atoms with van der Waals surface area (Å²) in [6, 6.07) is 6.36. The number of nitrogens with one attached hydrogen (secondary N) is 2. The summed E-state index contributed by atoms with van der Waals surface area (Å²) in [5, 5.41) is 10.7. The Kier molecular flexibility index (Phi) is 5.43. The summed E-state index contributed by atoms with van der Waals surface area (Å²) >= 11 is 16.1. The Hall–Kier alpha value is -2.82. The minimum Gasteiger partial charge on any atom is -0.454 e. The molecule has 0 radical (unpaired) electrons. The van der Waals surface area contributed by atoms with E-state index >= 15 is 0 Å². The molecule has 2 aromatic heterocycles. The van der Waals surface area contributed by atoms with E-state index in [9.17, 15) is 9.59 Å². The summed E-state index contributed by atoms with van der Waals surface area (Å²) in [6.45, 7) is -0.0466. The number of hydrogen-bond donors (Lipinski definition) is 2. The molecule has 180 valence electrons. The van der Waals surface area contributed by atoms with Crippen LogP contribution >= 0.6 is 39.1 Å². The van der Waals surface area contributed by atoms with E-state index in [1.54, 1.807) is 18.3 Å². The third-order valence-corrected chi connectivity index (χ3v) is 7.42. The number of carbonyl (C=O) groups is 2. The molecule has 6 rings (SSSR count). The predicted octanol–water partition coefficient (Wildman–Crippen LogP) is 4.99. The van der Waals surface area contributed by atoms with Crippen LogP contribution in [-0.2, 0) is 0 Å². The number of ether oxygens (including phenoxy) is 2. The van der Waals surface area contributed by atoms with Crippen molar-refractivity contribution in [1.29, 1.82) is 0 Å². The standard InChI is InChI=1S/C23H18BrCl2N5O4/c24-16-9-14(31(30-16)20-12(25)2-1-7-27-20)21(32)28-18-13(26)8-15-19(35-10-34-15)17(18)22(33)29-23(5-6-23)11-3-4-11/h1-2,7-9,11H,3-6,10H2,(H,28,32)(H,29,33). The second-order valence-electron chi connectivity index (χ2n) is 8.75. The van der Waals surface area contributed by atoms with Gasteiger partial charge in [-0.1, -0.05) is 23.2 Å². The lowest BCUT2D eigenvalue weighted by Gasteiger charge is -2.20. The molecule has 3 aromatic rings. The molecule has 12 heteroatoms. The molecule has 3 aliphatic rings. The highest BCUT2D eigenvalue weighted by molar-refractivity contribution is 9.10. The van der Waals surface area contributed by atoms with E-state index in [2.05, 4.69) is 36.6 Å². The molecule has 0 saturated heterocycles. The summed E-state index contributed by atoms with van der Waals surface area (Å²) in [5.74, 6) is 0.432. The zero-order valence-corrected chi connectivity index (χ0v) is 21.2. The van der Waals surface area contributed by atoms with E-state index < -0.39 is 5.91 Å². The predicted molar refractivity (Wildman–Crippen MR) is 132 cm³/mol. The normalized spacial score (nSPS) is 17.2. The van der Waals surface area contributed by atoms with Crippen molar-refractivity contribution in [1.82, 2.24) is 20.1 Å². The fourth-order valence-electron chi connectivity index (χ4n) is 4.43. The van der Waals surface area contributed by atoms with Gasteiger partial charge in [-0.2, -0.15) is 5.10 Å². The van der Waals surface area contributed by atoms with Crippen LogP contribution in [-0.4, -0.2) is 38.9 Å². The number of benzene rings is 1. The molecule has 2 fully saturated rings. The summed E-state index contributed by atoms with van der Waals surface area (Å²) in [6.07, 6.45) is 5.62. The zero-order chi connectivity index (χ0) is 24.3. The fourth-order valence-corrected chi connectivity index (χ4v) is 5.25. The first-order valence-corrected chi connectivity index (χ1v) is 12.5. The SMILES string of the molecule is O=C(NC1(C2CC2)CC1)c1c(NC(=O)c2cc(Br)nn2-c2ncccc2Cl)c(Cl)cc2c1OCO2. The van der Waals surface area contributed by atoms with Gasteiger partial charge in [-0.3, -0.25) is 9.59 Å². The summed E-state index contributed by atoms with van der Waals surface area (Å²) in [7, 11) is 0. The molecular formula is C23H18BrCl2N5O4. The lowest BCUT2D eigenvalue weighted by atomic mass is 10.1. The summed E-state index contributed by atoms with van der Waals surface area (Å²) in [4.78, 5) is 31.2. The monoisotopic (exact) mass is 577 g/mol. The van der Waals surface area contributed by atoms with Crippen LogP contribution in [0.2, 0.25) is 10.0 Å². The van der Waals surface area contributed by atoms with Crippen molar-refractivity contribution in [3.05, 3.63) is 56.4 Å².